The van der Waals surface area contributed by atoms with Crippen molar-refractivity contribution >= 4 is 23.9 Å². The quantitative estimate of drug-likeness (QED) is 0.656. The van der Waals surface area contributed by atoms with E-state index in [9.17, 15) is 13.6 Å². The Morgan fingerprint density at radius 2 is 1.84 bits per heavy atom. The first-order valence-electron chi connectivity index (χ1n) is 10.5. The zero-order valence-corrected chi connectivity index (χ0v) is 18.6. The summed E-state index contributed by atoms with van der Waals surface area (Å²) in [7, 11) is 0. The number of ether oxygens (including phenoxy) is 2. The Labute approximate surface area is 192 Å². The topological polar surface area (TPSA) is 59.0 Å². The van der Waals surface area contributed by atoms with Crippen molar-refractivity contribution in [2.45, 2.75) is 31.8 Å². The molecular weight excluding hydrogens is 440 g/mol. The molecule has 32 heavy (non-hydrogen) atoms. The molecule has 1 N–H and O–H groups in total. The lowest BCUT2D eigenvalue weighted by atomic mass is 9.83. The molecule has 8 heteroatoms. The minimum Gasteiger partial charge on any atom is -0.488 e. The number of halogens is 3. The minimum absolute atomic E-state index is 0. The molecular formula is C24H26ClF2NO4. The van der Waals surface area contributed by atoms with Crippen molar-refractivity contribution in [3.05, 3.63) is 65.2 Å². The molecule has 0 saturated carbocycles. The molecule has 2 aromatic carbocycles. The fourth-order valence-corrected chi connectivity index (χ4v) is 4.19. The fraction of sp³-hybridized carbons (Fsp3) is 0.375. The predicted octanol–water partition coefficient (Wildman–Crippen LogP) is 4.92. The summed E-state index contributed by atoms with van der Waals surface area (Å²) in [6.07, 6.45) is 3.76. The van der Waals surface area contributed by atoms with E-state index in [1.165, 1.54) is 12.1 Å². The Balaban J connectivity index is 0.00000289. The third-order valence-corrected chi connectivity index (χ3v) is 5.72. The highest BCUT2D eigenvalue weighted by molar-refractivity contribution is 5.85. The van der Waals surface area contributed by atoms with Crippen LogP contribution in [-0.2, 0) is 4.79 Å². The summed E-state index contributed by atoms with van der Waals surface area (Å²) < 4.78 is 40.9. The molecule has 172 valence electrons. The number of aliphatic carboxylic acids is 1. The van der Waals surface area contributed by atoms with Crippen molar-refractivity contribution in [3.63, 3.8) is 0 Å². The third kappa shape index (κ3) is 4.89. The Morgan fingerprint density at radius 3 is 2.47 bits per heavy atom. The molecule has 2 aliphatic rings. The number of hydrogen-bond acceptors (Lipinski definition) is 4. The van der Waals surface area contributed by atoms with Crippen LogP contribution in [0.4, 0.5) is 8.78 Å². The normalized spacial score (nSPS) is 17.0. The summed E-state index contributed by atoms with van der Waals surface area (Å²) in [5.41, 5.74) is 1.24. The van der Waals surface area contributed by atoms with Crippen LogP contribution in [0, 0.1) is 11.6 Å². The van der Waals surface area contributed by atoms with E-state index in [1.807, 2.05) is 42.2 Å². The second-order valence-electron chi connectivity index (χ2n) is 8.01. The molecule has 0 aliphatic carbocycles. The van der Waals surface area contributed by atoms with E-state index in [0.29, 0.717) is 49.2 Å². The van der Waals surface area contributed by atoms with Crippen LogP contribution in [-0.4, -0.2) is 47.8 Å². The van der Waals surface area contributed by atoms with Gasteiger partial charge >= 0.3 is 5.97 Å². The van der Waals surface area contributed by atoms with Crippen LogP contribution in [0.25, 0.3) is 5.57 Å². The SMILES string of the molecule is CCCOc1c(F)cc(C2=CC3(CCN(CC(=O)O)CC3)Oc3ccccc32)cc1F.Cl. The standard InChI is InChI=1S/C24H25F2NO4.ClH/c1-2-11-30-23-19(25)12-16(13-20(23)26)18-14-24(31-21-6-4-3-5-17(18)21)7-9-27(10-8-24)15-22(28)29;/h3-6,12-14H,2,7-11,15H2,1H3,(H,28,29);1H. The predicted molar refractivity (Wildman–Crippen MR) is 120 cm³/mol. The first-order valence-corrected chi connectivity index (χ1v) is 10.5. The number of hydrogen-bond donors (Lipinski definition) is 1. The number of fused-ring (bicyclic) bond motifs is 1. The smallest absolute Gasteiger partial charge is 0.317 e. The number of likely N-dealkylation sites (tertiary alicyclic amines) is 1. The van der Waals surface area contributed by atoms with Crippen LogP contribution in [0.5, 0.6) is 11.5 Å². The zero-order chi connectivity index (χ0) is 22.0. The van der Waals surface area contributed by atoms with Crippen LogP contribution in [0.2, 0.25) is 0 Å². The van der Waals surface area contributed by atoms with Crippen LogP contribution in [0.3, 0.4) is 0 Å². The first kappa shape index (κ1) is 24.0. The van der Waals surface area contributed by atoms with Gasteiger partial charge < -0.3 is 14.6 Å². The molecule has 1 saturated heterocycles. The van der Waals surface area contributed by atoms with Gasteiger partial charge in [-0.3, -0.25) is 9.69 Å². The number of nitrogens with zero attached hydrogens (tertiary/aromatic N) is 1. The van der Waals surface area contributed by atoms with Crippen LogP contribution >= 0.6 is 12.4 Å². The molecule has 0 atom stereocenters. The number of carboxylic acid groups (broad SMARTS) is 1. The molecule has 1 spiro atoms. The summed E-state index contributed by atoms with van der Waals surface area (Å²) in [6, 6.07) is 10.0. The van der Waals surface area contributed by atoms with Gasteiger partial charge in [-0.2, -0.15) is 0 Å². The molecule has 2 aliphatic heterocycles. The van der Waals surface area contributed by atoms with E-state index in [-0.39, 0.29) is 31.3 Å². The van der Waals surface area contributed by atoms with E-state index >= 15 is 0 Å². The summed E-state index contributed by atoms with van der Waals surface area (Å²) >= 11 is 0. The van der Waals surface area contributed by atoms with Gasteiger partial charge in [0.2, 0.25) is 0 Å². The Hall–Kier alpha value is -2.64. The van der Waals surface area contributed by atoms with Gasteiger partial charge in [-0.1, -0.05) is 25.1 Å². The Morgan fingerprint density at radius 1 is 1.19 bits per heavy atom. The molecule has 1 fully saturated rings. The molecule has 0 aromatic heterocycles. The molecule has 0 amide bonds. The van der Waals surface area contributed by atoms with Crippen LogP contribution < -0.4 is 9.47 Å². The van der Waals surface area contributed by atoms with E-state index in [0.717, 1.165) is 5.56 Å². The zero-order valence-electron chi connectivity index (χ0n) is 17.8. The van der Waals surface area contributed by atoms with E-state index in [2.05, 4.69) is 0 Å². The van der Waals surface area contributed by atoms with Gasteiger partial charge in [-0.25, -0.2) is 8.78 Å². The molecule has 2 heterocycles. The van der Waals surface area contributed by atoms with Crippen molar-refractivity contribution in [1.82, 2.24) is 4.90 Å². The van der Waals surface area contributed by atoms with Gasteiger partial charge in [0.05, 0.1) is 13.2 Å². The van der Waals surface area contributed by atoms with Crippen molar-refractivity contribution in [2.24, 2.45) is 0 Å². The lowest BCUT2D eigenvalue weighted by molar-refractivity contribution is -0.139. The Kier molecular flexibility index (Phi) is 7.41. The van der Waals surface area contributed by atoms with Gasteiger partial charge in [0, 0.05) is 31.5 Å². The number of carbonyl (C=O) groups is 1. The van der Waals surface area contributed by atoms with Crippen molar-refractivity contribution in [2.75, 3.05) is 26.2 Å². The molecule has 0 unspecified atom stereocenters. The van der Waals surface area contributed by atoms with Gasteiger partial charge in [-0.15, -0.1) is 12.4 Å². The summed E-state index contributed by atoms with van der Waals surface area (Å²) in [6.45, 7) is 3.21. The summed E-state index contributed by atoms with van der Waals surface area (Å²) in [4.78, 5) is 12.9. The summed E-state index contributed by atoms with van der Waals surface area (Å²) in [5, 5.41) is 9.05. The Bertz CT molecular complexity index is 996. The third-order valence-electron chi connectivity index (χ3n) is 5.72. The highest BCUT2D eigenvalue weighted by Crippen LogP contribution is 2.44. The molecule has 5 nitrogen and oxygen atoms in total. The van der Waals surface area contributed by atoms with Crippen molar-refractivity contribution in [3.8, 4) is 11.5 Å². The number of rotatable bonds is 6. The minimum atomic E-state index is -0.863. The van der Waals surface area contributed by atoms with E-state index in [1.54, 1.807) is 0 Å². The van der Waals surface area contributed by atoms with Gasteiger partial charge in [-0.05, 0) is 41.8 Å². The largest absolute Gasteiger partial charge is 0.488 e. The maximum atomic E-state index is 14.7. The molecule has 0 radical (unpaired) electrons. The van der Waals surface area contributed by atoms with Crippen molar-refractivity contribution < 1.29 is 28.2 Å². The molecule has 0 bridgehead atoms. The van der Waals surface area contributed by atoms with Crippen LogP contribution in [0.15, 0.2) is 42.5 Å². The number of piperidine rings is 1. The maximum absolute atomic E-state index is 14.7. The van der Waals surface area contributed by atoms with Crippen molar-refractivity contribution in [1.29, 1.82) is 0 Å². The molecule has 4 rings (SSSR count). The maximum Gasteiger partial charge on any atom is 0.317 e. The number of carboxylic acids is 1. The number of para-hydroxylation sites is 1. The average Bonchev–Trinajstić information content (AvgIpc) is 2.74. The monoisotopic (exact) mass is 465 g/mol. The molecule has 2 aromatic rings. The van der Waals surface area contributed by atoms with Crippen LogP contribution in [0.1, 0.15) is 37.3 Å². The lowest BCUT2D eigenvalue weighted by Gasteiger charge is -2.42. The number of benzene rings is 2. The van der Waals surface area contributed by atoms with E-state index in [4.69, 9.17) is 14.6 Å². The average molecular weight is 466 g/mol. The fourth-order valence-electron chi connectivity index (χ4n) is 4.19. The summed E-state index contributed by atoms with van der Waals surface area (Å²) in [5.74, 6) is -2.04. The highest BCUT2D eigenvalue weighted by Gasteiger charge is 2.39. The van der Waals surface area contributed by atoms with Gasteiger partial charge in [0.15, 0.2) is 17.4 Å². The van der Waals surface area contributed by atoms with E-state index < -0.39 is 23.2 Å². The van der Waals surface area contributed by atoms with Gasteiger partial charge in [0.1, 0.15) is 11.4 Å². The van der Waals surface area contributed by atoms with Gasteiger partial charge in [0.25, 0.3) is 0 Å². The second kappa shape index (κ2) is 9.88. The lowest BCUT2D eigenvalue weighted by Crippen LogP contribution is -2.49. The second-order valence-corrected chi connectivity index (χ2v) is 8.01. The highest BCUT2D eigenvalue weighted by atomic mass is 35.5. The first-order chi connectivity index (χ1) is 14.9.